The maximum atomic E-state index is 13.2. The quantitative estimate of drug-likeness (QED) is 0.860. The average molecular weight is 289 g/mol. The topological polar surface area (TPSA) is 46.9 Å². The number of aryl methyl sites for hydroxylation is 1. The summed E-state index contributed by atoms with van der Waals surface area (Å²) in [6, 6.07) is 4.56. The van der Waals surface area contributed by atoms with E-state index in [9.17, 15) is 9.18 Å². The van der Waals surface area contributed by atoms with E-state index in [1.807, 2.05) is 24.6 Å². The Labute approximate surface area is 123 Å². The molecule has 2 rings (SSSR count). The number of nitrogens with one attached hydrogen (secondary N) is 1. The zero-order valence-electron chi connectivity index (χ0n) is 12.6. The van der Waals surface area contributed by atoms with Gasteiger partial charge in [-0.15, -0.1) is 0 Å². The van der Waals surface area contributed by atoms with Gasteiger partial charge in [-0.25, -0.2) is 9.37 Å². The molecule has 4 nitrogen and oxygen atoms in total. The number of imidazole rings is 1. The first-order chi connectivity index (χ1) is 10.0. The molecule has 1 aromatic heterocycles. The molecule has 0 unspecified atom stereocenters. The smallest absolute Gasteiger partial charge is 0.246 e. The van der Waals surface area contributed by atoms with Crippen LogP contribution in [0.25, 0.3) is 11.0 Å². The summed E-state index contributed by atoms with van der Waals surface area (Å²) < 4.78 is 15.1. The first kappa shape index (κ1) is 15.2. The largest absolute Gasteiger partial charge is 0.352 e. The zero-order valence-corrected chi connectivity index (χ0v) is 12.6. The minimum Gasteiger partial charge on any atom is -0.352 e. The Bertz CT molecular complexity index is 688. The monoisotopic (exact) mass is 289 g/mol. The second-order valence-electron chi connectivity index (χ2n) is 5.02. The van der Waals surface area contributed by atoms with Crippen LogP contribution in [0.15, 0.2) is 29.8 Å². The van der Waals surface area contributed by atoms with Crippen molar-refractivity contribution >= 4 is 16.9 Å². The number of benzene rings is 1. The van der Waals surface area contributed by atoms with Crippen molar-refractivity contribution in [1.29, 1.82) is 0 Å². The molecule has 1 amide bonds. The maximum absolute atomic E-state index is 13.2. The standard InChI is InChI=1S/C16H20FN3O/c1-4-5-11(2)16(21)18-9-8-15-19-13-10-12(17)6-7-14(13)20(15)3/h5-7,10H,4,8-9H2,1-3H3,(H,18,21)/b11-5-. The van der Waals surface area contributed by atoms with Crippen LogP contribution in [0.2, 0.25) is 0 Å². The summed E-state index contributed by atoms with van der Waals surface area (Å²) in [5, 5.41) is 2.86. The van der Waals surface area contributed by atoms with Crippen molar-refractivity contribution in [2.75, 3.05) is 6.54 Å². The van der Waals surface area contributed by atoms with Crippen LogP contribution in [-0.2, 0) is 18.3 Å². The Hall–Kier alpha value is -2.17. The molecule has 21 heavy (non-hydrogen) atoms. The highest BCUT2D eigenvalue weighted by Crippen LogP contribution is 2.16. The number of aromatic nitrogens is 2. The van der Waals surface area contributed by atoms with Crippen molar-refractivity contribution in [3.05, 3.63) is 41.5 Å². The van der Waals surface area contributed by atoms with Crippen LogP contribution in [0, 0.1) is 5.82 Å². The molecule has 2 aromatic rings. The molecular weight excluding hydrogens is 269 g/mol. The number of nitrogens with zero attached hydrogens (tertiary/aromatic N) is 2. The highest BCUT2D eigenvalue weighted by Gasteiger charge is 2.09. The number of carbonyl (C=O) groups is 1. The molecule has 0 saturated carbocycles. The number of fused-ring (bicyclic) bond motifs is 1. The molecule has 0 aliphatic heterocycles. The molecule has 0 aliphatic carbocycles. The van der Waals surface area contributed by atoms with Gasteiger partial charge in [0.25, 0.3) is 0 Å². The summed E-state index contributed by atoms with van der Waals surface area (Å²) in [5.74, 6) is 0.482. The molecule has 112 valence electrons. The average Bonchev–Trinajstić information content (AvgIpc) is 2.75. The summed E-state index contributed by atoms with van der Waals surface area (Å²) in [6.45, 7) is 4.30. The Balaban J connectivity index is 2.02. The van der Waals surface area contributed by atoms with Crippen LogP contribution >= 0.6 is 0 Å². The van der Waals surface area contributed by atoms with Crippen LogP contribution < -0.4 is 5.32 Å². The fraction of sp³-hybridized carbons (Fsp3) is 0.375. The van der Waals surface area contributed by atoms with E-state index in [1.54, 1.807) is 13.0 Å². The summed E-state index contributed by atoms with van der Waals surface area (Å²) >= 11 is 0. The number of carbonyl (C=O) groups excluding carboxylic acids is 1. The van der Waals surface area contributed by atoms with Crippen molar-refractivity contribution < 1.29 is 9.18 Å². The van der Waals surface area contributed by atoms with Crippen LogP contribution in [0.1, 0.15) is 26.1 Å². The van der Waals surface area contributed by atoms with E-state index >= 15 is 0 Å². The number of rotatable bonds is 5. The van der Waals surface area contributed by atoms with Gasteiger partial charge >= 0.3 is 0 Å². The number of halogens is 1. The van der Waals surface area contributed by atoms with Gasteiger partial charge in [0.1, 0.15) is 11.6 Å². The third-order valence-corrected chi connectivity index (χ3v) is 3.44. The van der Waals surface area contributed by atoms with Gasteiger partial charge < -0.3 is 9.88 Å². The van der Waals surface area contributed by atoms with Crippen molar-refractivity contribution in [2.24, 2.45) is 7.05 Å². The van der Waals surface area contributed by atoms with Crippen molar-refractivity contribution in [3.8, 4) is 0 Å². The second kappa shape index (κ2) is 6.52. The van der Waals surface area contributed by atoms with Gasteiger partial charge in [0.05, 0.1) is 11.0 Å². The van der Waals surface area contributed by atoms with Crippen LogP contribution in [0.4, 0.5) is 4.39 Å². The molecule has 0 fully saturated rings. The fourth-order valence-electron chi connectivity index (χ4n) is 2.27. The predicted molar refractivity (Wildman–Crippen MR) is 81.4 cm³/mol. The molecule has 0 atom stereocenters. The van der Waals surface area contributed by atoms with E-state index in [4.69, 9.17) is 0 Å². The lowest BCUT2D eigenvalue weighted by atomic mass is 10.2. The fourth-order valence-corrected chi connectivity index (χ4v) is 2.27. The highest BCUT2D eigenvalue weighted by atomic mass is 19.1. The summed E-state index contributed by atoms with van der Waals surface area (Å²) in [4.78, 5) is 16.2. The van der Waals surface area contributed by atoms with E-state index in [2.05, 4.69) is 10.3 Å². The Morgan fingerprint density at radius 2 is 2.24 bits per heavy atom. The number of amides is 1. The summed E-state index contributed by atoms with van der Waals surface area (Å²) in [7, 11) is 1.90. The van der Waals surface area contributed by atoms with Crippen molar-refractivity contribution in [1.82, 2.24) is 14.9 Å². The van der Waals surface area contributed by atoms with Gasteiger partial charge in [-0.3, -0.25) is 4.79 Å². The van der Waals surface area contributed by atoms with E-state index in [0.29, 0.717) is 18.5 Å². The lowest BCUT2D eigenvalue weighted by Gasteiger charge is -2.05. The van der Waals surface area contributed by atoms with Crippen LogP contribution in [-0.4, -0.2) is 22.0 Å². The third-order valence-electron chi connectivity index (χ3n) is 3.44. The molecule has 0 saturated heterocycles. The zero-order chi connectivity index (χ0) is 15.4. The molecule has 5 heteroatoms. The molecule has 1 heterocycles. The summed E-state index contributed by atoms with van der Waals surface area (Å²) in [6.07, 6.45) is 3.35. The van der Waals surface area contributed by atoms with Crippen LogP contribution in [0.5, 0.6) is 0 Å². The van der Waals surface area contributed by atoms with Gasteiger partial charge in [0.2, 0.25) is 5.91 Å². The predicted octanol–water partition coefficient (Wildman–Crippen LogP) is 2.73. The SMILES string of the molecule is CC/C=C(/C)C(=O)NCCc1nc2cc(F)ccc2n1C. The lowest BCUT2D eigenvalue weighted by Crippen LogP contribution is -2.27. The molecule has 1 N–H and O–H groups in total. The van der Waals surface area contributed by atoms with Gasteiger partial charge in [-0.05, 0) is 25.5 Å². The minimum absolute atomic E-state index is 0.0540. The van der Waals surface area contributed by atoms with Gasteiger partial charge in [0, 0.05) is 31.7 Å². The van der Waals surface area contributed by atoms with Crippen LogP contribution in [0.3, 0.4) is 0 Å². The lowest BCUT2D eigenvalue weighted by molar-refractivity contribution is -0.117. The van der Waals surface area contributed by atoms with E-state index in [1.165, 1.54) is 12.1 Å². The molecule has 0 spiro atoms. The Morgan fingerprint density at radius 1 is 1.48 bits per heavy atom. The third kappa shape index (κ3) is 3.48. The molecular formula is C16H20FN3O. The Kier molecular flexibility index (Phi) is 4.73. The van der Waals surface area contributed by atoms with E-state index in [0.717, 1.165) is 23.3 Å². The van der Waals surface area contributed by atoms with Gasteiger partial charge in [0.15, 0.2) is 0 Å². The minimum atomic E-state index is -0.291. The molecule has 0 bridgehead atoms. The van der Waals surface area contributed by atoms with Gasteiger partial charge in [-0.2, -0.15) is 0 Å². The summed E-state index contributed by atoms with van der Waals surface area (Å²) in [5.41, 5.74) is 2.25. The first-order valence-electron chi connectivity index (χ1n) is 7.08. The van der Waals surface area contributed by atoms with Gasteiger partial charge in [-0.1, -0.05) is 13.0 Å². The highest BCUT2D eigenvalue weighted by molar-refractivity contribution is 5.92. The normalized spacial score (nSPS) is 11.9. The number of hydrogen-bond acceptors (Lipinski definition) is 2. The number of allylic oxidation sites excluding steroid dienone is 1. The van der Waals surface area contributed by atoms with Crippen molar-refractivity contribution in [3.63, 3.8) is 0 Å². The molecule has 1 aromatic carbocycles. The Morgan fingerprint density at radius 3 is 2.95 bits per heavy atom. The van der Waals surface area contributed by atoms with Crippen molar-refractivity contribution in [2.45, 2.75) is 26.7 Å². The maximum Gasteiger partial charge on any atom is 0.246 e. The first-order valence-corrected chi connectivity index (χ1v) is 7.08. The van der Waals surface area contributed by atoms with E-state index in [-0.39, 0.29) is 11.7 Å². The molecule has 0 aliphatic rings. The molecule has 0 radical (unpaired) electrons. The second-order valence-corrected chi connectivity index (χ2v) is 5.02. The van der Waals surface area contributed by atoms with E-state index < -0.39 is 0 Å². The number of hydrogen-bond donors (Lipinski definition) is 1.